The number of ketones is 1. The Hall–Kier alpha value is -4.62. The van der Waals surface area contributed by atoms with E-state index in [0.717, 1.165) is 24.5 Å². The van der Waals surface area contributed by atoms with Crippen molar-refractivity contribution < 1.29 is 38.9 Å². The van der Waals surface area contributed by atoms with Crippen LogP contribution in [-0.2, 0) is 41.7 Å². The number of nitrogens with two attached hydrogens (primary N) is 1. The van der Waals surface area contributed by atoms with E-state index >= 15 is 0 Å². The van der Waals surface area contributed by atoms with E-state index in [4.69, 9.17) is 30.9 Å². The lowest BCUT2D eigenvalue weighted by Crippen LogP contribution is -2.45. The van der Waals surface area contributed by atoms with Gasteiger partial charge in [0.1, 0.15) is 5.84 Å². The van der Waals surface area contributed by atoms with Gasteiger partial charge in [0.25, 0.3) is 5.97 Å². The highest BCUT2D eigenvalue weighted by Crippen LogP contribution is 2.17. The van der Waals surface area contributed by atoms with Crippen LogP contribution in [0.5, 0.6) is 0 Å². The Morgan fingerprint density at radius 1 is 0.878 bits per heavy atom. The smallest absolute Gasteiger partial charge is 0.303 e. The van der Waals surface area contributed by atoms with Crippen LogP contribution < -0.4 is 21.7 Å². The fourth-order valence-corrected chi connectivity index (χ4v) is 4.53. The lowest BCUT2D eigenvalue weighted by molar-refractivity contribution is -0.139. The topological polar surface area (TPSA) is 221 Å². The molecule has 0 fully saturated rings. The number of unbranched alkanes of at least 4 members (excludes halogenated alkanes) is 1. The van der Waals surface area contributed by atoms with E-state index in [2.05, 4.69) is 16.0 Å². The molecule has 13 nitrogen and oxygen atoms in total. The van der Waals surface area contributed by atoms with Gasteiger partial charge in [-0.15, -0.1) is 0 Å². The van der Waals surface area contributed by atoms with Crippen molar-refractivity contribution in [3.8, 4) is 0 Å². The lowest BCUT2D eigenvalue weighted by atomic mass is 9.92. The van der Waals surface area contributed by atoms with Gasteiger partial charge in [-0.2, -0.15) is 0 Å². The van der Waals surface area contributed by atoms with Gasteiger partial charge in [0.15, 0.2) is 5.78 Å². The molecule has 49 heavy (non-hydrogen) atoms. The molecule has 270 valence electrons. The zero-order valence-corrected chi connectivity index (χ0v) is 29.1. The van der Waals surface area contributed by atoms with Gasteiger partial charge < -0.3 is 36.6 Å². The molecule has 0 aliphatic carbocycles. The fourth-order valence-electron chi connectivity index (χ4n) is 4.53. The van der Waals surface area contributed by atoms with Crippen LogP contribution in [-0.4, -0.2) is 76.9 Å². The average Bonchev–Trinajstić information content (AvgIpc) is 3.03. The SMILES string of the molecule is CC(=O)O.CC(C)(C)OC[C@@H](NCCc1ccccc1)C(=O)C[C@@H](CCCCNC(=O)CCC(=O)O)C(=O)NCc1ccc(C(=N)N)cc1. The van der Waals surface area contributed by atoms with Crippen molar-refractivity contribution in [3.05, 3.63) is 71.3 Å². The van der Waals surface area contributed by atoms with E-state index in [-0.39, 0.29) is 55.8 Å². The minimum absolute atomic E-state index is 0.0244. The maximum absolute atomic E-state index is 13.6. The second kappa shape index (κ2) is 22.9. The number of rotatable bonds is 21. The number of hydrogen-bond donors (Lipinski definition) is 7. The van der Waals surface area contributed by atoms with Crippen LogP contribution in [0.15, 0.2) is 54.6 Å². The van der Waals surface area contributed by atoms with Crippen molar-refractivity contribution in [2.45, 2.75) is 90.8 Å². The summed E-state index contributed by atoms with van der Waals surface area (Å²) in [4.78, 5) is 58.6. The normalized spacial score (nSPS) is 12.1. The Bertz CT molecular complexity index is 1340. The Balaban J connectivity index is 0.00000283. The minimum Gasteiger partial charge on any atom is -0.481 e. The molecule has 8 N–H and O–H groups in total. The predicted molar refractivity (Wildman–Crippen MR) is 187 cm³/mol. The van der Waals surface area contributed by atoms with Crippen molar-refractivity contribution in [2.75, 3.05) is 19.7 Å². The van der Waals surface area contributed by atoms with E-state index in [1.165, 1.54) is 0 Å². The van der Waals surface area contributed by atoms with Gasteiger partial charge in [-0.3, -0.25) is 29.4 Å². The number of ether oxygens (including phenoxy) is 1. The van der Waals surface area contributed by atoms with Gasteiger partial charge in [-0.25, -0.2) is 0 Å². The standard InChI is InChI=1S/C34H49N5O6.C2H4O2/c1-34(2,3)45-23-28(37-20-18-24-9-5-4-6-10-24)29(40)21-27(11-7-8-19-38-30(41)16-17-31(42)43)33(44)39-22-25-12-14-26(15-13-25)32(35)36;1-2(3)4/h4-6,9-10,12-15,27-28,37H,7-8,11,16-23H2,1-3H3,(H3,35,36)(H,38,41)(H,39,44)(H,42,43);1H3,(H,3,4)/t27-,28-;/m1./s1. The molecule has 0 spiro atoms. The molecule has 2 amide bonds. The molecule has 0 aromatic heterocycles. The van der Waals surface area contributed by atoms with Crippen molar-refractivity contribution in [2.24, 2.45) is 11.7 Å². The first kappa shape index (κ1) is 42.4. The second-order valence-corrected chi connectivity index (χ2v) is 12.6. The highest BCUT2D eigenvalue weighted by atomic mass is 16.5. The second-order valence-electron chi connectivity index (χ2n) is 12.6. The number of Topliss-reactive ketones (excluding diaryl/α,β-unsaturated/α-hetero) is 1. The van der Waals surface area contributed by atoms with Crippen molar-refractivity contribution >= 4 is 35.4 Å². The van der Waals surface area contributed by atoms with Crippen LogP contribution in [0, 0.1) is 11.3 Å². The molecule has 2 aromatic rings. The number of amidine groups is 1. The van der Waals surface area contributed by atoms with Crippen LogP contribution in [0.2, 0.25) is 0 Å². The molecular weight excluding hydrogens is 630 g/mol. The van der Waals surface area contributed by atoms with Crippen LogP contribution >= 0.6 is 0 Å². The van der Waals surface area contributed by atoms with E-state index in [9.17, 15) is 19.2 Å². The van der Waals surface area contributed by atoms with E-state index in [1.807, 2.05) is 51.1 Å². The fraction of sp³-hybridized carbons (Fsp3) is 0.500. The minimum atomic E-state index is -1.03. The van der Waals surface area contributed by atoms with E-state index < -0.39 is 29.5 Å². The Labute approximate surface area is 288 Å². The number of carboxylic acids is 2. The van der Waals surface area contributed by atoms with Crippen LogP contribution in [0.3, 0.4) is 0 Å². The summed E-state index contributed by atoms with van der Waals surface area (Å²) in [5.41, 5.74) is 7.67. The molecule has 13 heteroatoms. The van der Waals surface area contributed by atoms with Crippen LogP contribution in [0.25, 0.3) is 0 Å². The lowest BCUT2D eigenvalue weighted by Gasteiger charge is -2.26. The largest absolute Gasteiger partial charge is 0.481 e. The van der Waals surface area contributed by atoms with Crippen LogP contribution in [0.4, 0.5) is 0 Å². The molecule has 0 saturated carbocycles. The number of carboxylic acid groups (broad SMARTS) is 2. The van der Waals surface area contributed by atoms with Gasteiger partial charge in [0.05, 0.1) is 24.7 Å². The maximum atomic E-state index is 13.6. The number of amides is 2. The molecular formula is C36H53N5O8. The summed E-state index contributed by atoms with van der Waals surface area (Å²) in [6.45, 7) is 8.23. The Morgan fingerprint density at radius 3 is 2.08 bits per heavy atom. The quantitative estimate of drug-likeness (QED) is 0.0577. The first-order valence-corrected chi connectivity index (χ1v) is 16.4. The average molecular weight is 684 g/mol. The van der Waals surface area contributed by atoms with Gasteiger partial charge in [0.2, 0.25) is 11.8 Å². The van der Waals surface area contributed by atoms with Crippen molar-refractivity contribution in [3.63, 3.8) is 0 Å². The molecule has 2 atom stereocenters. The van der Waals surface area contributed by atoms with Gasteiger partial charge in [-0.05, 0) is 57.7 Å². The van der Waals surface area contributed by atoms with Crippen molar-refractivity contribution in [1.82, 2.24) is 16.0 Å². The van der Waals surface area contributed by atoms with Crippen LogP contribution in [0.1, 0.15) is 82.9 Å². The van der Waals surface area contributed by atoms with Crippen molar-refractivity contribution in [1.29, 1.82) is 5.41 Å². The molecule has 0 heterocycles. The number of benzene rings is 2. The summed E-state index contributed by atoms with van der Waals surface area (Å²) in [5.74, 6) is -3.18. The van der Waals surface area contributed by atoms with E-state index in [0.29, 0.717) is 37.9 Å². The van der Waals surface area contributed by atoms with Gasteiger partial charge in [0, 0.05) is 44.3 Å². The van der Waals surface area contributed by atoms with Gasteiger partial charge in [-0.1, -0.05) is 61.0 Å². The monoisotopic (exact) mass is 683 g/mol. The molecule has 0 unspecified atom stereocenters. The number of nitrogens with one attached hydrogen (secondary N) is 4. The first-order chi connectivity index (χ1) is 23.1. The highest BCUT2D eigenvalue weighted by Gasteiger charge is 2.27. The number of aliphatic carboxylic acids is 2. The summed E-state index contributed by atoms with van der Waals surface area (Å²) in [6.07, 6.45) is 2.05. The summed E-state index contributed by atoms with van der Waals surface area (Å²) >= 11 is 0. The third-order valence-corrected chi connectivity index (χ3v) is 7.14. The summed E-state index contributed by atoms with van der Waals surface area (Å²) in [7, 11) is 0. The molecule has 0 aliphatic rings. The summed E-state index contributed by atoms with van der Waals surface area (Å²) in [6, 6.07) is 16.4. The third-order valence-electron chi connectivity index (χ3n) is 7.14. The molecule has 0 saturated heterocycles. The van der Waals surface area contributed by atoms with E-state index in [1.54, 1.807) is 24.3 Å². The molecule has 0 bridgehead atoms. The summed E-state index contributed by atoms with van der Waals surface area (Å²) < 4.78 is 5.97. The Morgan fingerprint density at radius 2 is 1.51 bits per heavy atom. The molecule has 2 aromatic carbocycles. The zero-order valence-electron chi connectivity index (χ0n) is 29.1. The highest BCUT2D eigenvalue weighted by molar-refractivity contribution is 5.95. The molecule has 0 radical (unpaired) electrons. The summed E-state index contributed by atoms with van der Waals surface area (Å²) in [5, 5.41) is 32.7. The third kappa shape index (κ3) is 21.1. The number of hydrogen-bond acceptors (Lipinski definition) is 8. The van der Waals surface area contributed by atoms with Gasteiger partial charge >= 0.3 is 5.97 Å². The molecule has 0 aliphatic heterocycles. The zero-order chi connectivity index (χ0) is 36.8. The maximum Gasteiger partial charge on any atom is 0.303 e. The predicted octanol–water partition coefficient (Wildman–Crippen LogP) is 3.42. The first-order valence-electron chi connectivity index (χ1n) is 16.4. The molecule has 2 rings (SSSR count). The number of nitrogen functional groups attached to an aromatic ring is 1. The number of carbonyl (C=O) groups is 5. The number of carbonyl (C=O) groups excluding carboxylic acids is 3. The Kier molecular flexibility index (Phi) is 19.8.